The van der Waals surface area contributed by atoms with E-state index >= 15 is 0 Å². The minimum atomic E-state index is -1.09. The molecule has 2 aromatic heterocycles. The third-order valence-corrected chi connectivity index (χ3v) is 17.2. The van der Waals surface area contributed by atoms with E-state index in [-0.39, 0.29) is 49.8 Å². The van der Waals surface area contributed by atoms with Crippen molar-refractivity contribution in [3.05, 3.63) is 104 Å². The molecular formula is C57H76N10O7S2. The quantitative estimate of drug-likeness (QED) is 0.0154. The average Bonchev–Trinajstić information content (AvgIpc) is 4.10. The van der Waals surface area contributed by atoms with Crippen molar-refractivity contribution in [2.45, 2.75) is 136 Å². The maximum absolute atomic E-state index is 14.2. The number of aryl methyl sites for hydroxylation is 1. The zero-order chi connectivity index (χ0) is 54.7. The number of allylic oxidation sites excluding steroid dienone is 5. The first kappa shape index (κ1) is 57.5. The maximum atomic E-state index is 14.2. The number of unbranched alkanes of at least 4 members (excludes halogenated alkanes) is 1. The van der Waals surface area contributed by atoms with Crippen LogP contribution in [0.4, 0.5) is 5.00 Å². The van der Waals surface area contributed by atoms with Gasteiger partial charge < -0.3 is 51.3 Å². The zero-order valence-corrected chi connectivity index (χ0v) is 46.5. The third-order valence-electron chi connectivity index (χ3n) is 15.2. The van der Waals surface area contributed by atoms with Crippen LogP contribution in [0.3, 0.4) is 0 Å². The first-order chi connectivity index (χ1) is 36.5. The number of nitrogens with one attached hydrogen (secondary N) is 4. The van der Waals surface area contributed by atoms with Gasteiger partial charge in [-0.3, -0.25) is 24.6 Å². The normalized spacial score (nSPS) is 22.8. The van der Waals surface area contributed by atoms with Gasteiger partial charge in [-0.2, -0.15) is 5.26 Å². The molecule has 2 aliphatic carbocycles. The van der Waals surface area contributed by atoms with Gasteiger partial charge in [-0.15, -0.1) is 22.7 Å². The minimum absolute atomic E-state index is 0.0573. The molecule has 2 aliphatic heterocycles. The SMILES string of the molecule is CCC1=C(N2CCCN(CCCCO/C(=C/C(=O)C(C(=O)N3C[C@H](O)C[C@H]3C(=O)NCc3ccc(-c4scnc4CO)cc3)C(C)C)NC)C[C@@H]2C)CC/C=C\C=C/1C(=N)NC(=O)[C@@]1(C)CCCc2sc(N)c(C#N)c21. The summed E-state index contributed by atoms with van der Waals surface area (Å²) >= 11 is 2.83. The molecule has 19 heteroatoms. The molecule has 17 nitrogen and oxygen atoms in total. The first-order valence-corrected chi connectivity index (χ1v) is 28.5. The number of amides is 3. The molecule has 1 unspecified atom stereocenters. The number of ether oxygens (including phenoxy) is 1. The van der Waals surface area contributed by atoms with Crippen LogP contribution < -0.4 is 21.7 Å². The van der Waals surface area contributed by atoms with Gasteiger partial charge in [0, 0.05) is 73.5 Å². The summed E-state index contributed by atoms with van der Waals surface area (Å²) in [7, 11) is 1.66. The number of carbonyl (C=O) groups is 4. The monoisotopic (exact) mass is 1080 g/mol. The summed E-state index contributed by atoms with van der Waals surface area (Å²) < 4.78 is 6.07. The number of amidine groups is 1. The van der Waals surface area contributed by atoms with E-state index < -0.39 is 47.0 Å². The Morgan fingerprint density at radius 1 is 1.12 bits per heavy atom. The Bertz CT molecular complexity index is 2770. The molecule has 3 aromatic rings. The van der Waals surface area contributed by atoms with E-state index in [9.17, 15) is 40.1 Å². The first-order valence-electron chi connectivity index (χ1n) is 26.8. The Labute approximate surface area is 455 Å². The Morgan fingerprint density at radius 3 is 2.61 bits per heavy atom. The van der Waals surface area contributed by atoms with E-state index in [1.807, 2.05) is 43.3 Å². The summed E-state index contributed by atoms with van der Waals surface area (Å²) in [6, 6.07) is 9.06. The largest absolute Gasteiger partial charge is 0.479 e. The lowest BCUT2D eigenvalue weighted by atomic mass is 9.72. The molecular weight excluding hydrogens is 1000 g/mol. The fraction of sp³-hybridized carbons (Fsp3) is 0.526. The molecule has 8 N–H and O–H groups in total. The van der Waals surface area contributed by atoms with Gasteiger partial charge in [0.2, 0.25) is 17.7 Å². The topological polar surface area (TPSA) is 250 Å². The summed E-state index contributed by atoms with van der Waals surface area (Å²) in [6.45, 7) is 13.7. The number of nitrogens with two attached hydrogens (primary N) is 1. The van der Waals surface area contributed by atoms with Gasteiger partial charge in [-0.1, -0.05) is 63.3 Å². The second-order valence-corrected chi connectivity index (χ2v) is 22.8. The number of carbonyl (C=O) groups excluding carboxylic acids is 4. The number of likely N-dealkylation sites (tertiary alicyclic amines) is 1. The number of aliphatic hydroxyl groups is 2. The van der Waals surface area contributed by atoms with E-state index in [0.717, 1.165) is 97.6 Å². The van der Waals surface area contributed by atoms with E-state index in [1.54, 1.807) is 26.4 Å². The number of thiazole rings is 1. The molecule has 4 aliphatic rings. The molecule has 4 heterocycles. The summed E-state index contributed by atoms with van der Waals surface area (Å²) in [5, 5.41) is 48.9. The van der Waals surface area contributed by atoms with E-state index in [1.165, 1.54) is 39.3 Å². The second kappa shape index (κ2) is 26.3. The van der Waals surface area contributed by atoms with Crippen molar-refractivity contribution in [2.24, 2.45) is 11.8 Å². The summed E-state index contributed by atoms with van der Waals surface area (Å²) in [5.41, 5.74) is 13.3. The number of benzene rings is 1. The molecule has 1 aromatic carbocycles. The number of nitrogens with zero attached hydrogens (tertiary/aromatic N) is 5. The Morgan fingerprint density at radius 2 is 1.89 bits per heavy atom. The summed E-state index contributed by atoms with van der Waals surface area (Å²) in [5.74, 6) is -2.85. The molecule has 408 valence electrons. The molecule has 0 radical (unpaired) electrons. The van der Waals surface area contributed by atoms with Crippen molar-refractivity contribution in [1.29, 1.82) is 10.7 Å². The van der Waals surface area contributed by atoms with Crippen LogP contribution in [0, 0.1) is 28.6 Å². The lowest BCUT2D eigenvalue weighted by Gasteiger charge is -2.36. The third kappa shape index (κ3) is 13.1. The molecule has 0 bridgehead atoms. The van der Waals surface area contributed by atoms with Crippen LogP contribution in [-0.4, -0.2) is 124 Å². The van der Waals surface area contributed by atoms with E-state index in [0.29, 0.717) is 46.8 Å². The van der Waals surface area contributed by atoms with Gasteiger partial charge >= 0.3 is 0 Å². The van der Waals surface area contributed by atoms with Gasteiger partial charge in [0.05, 0.1) is 46.4 Å². The van der Waals surface area contributed by atoms with Crippen LogP contribution in [0.15, 0.2) is 76.8 Å². The van der Waals surface area contributed by atoms with Gasteiger partial charge in [0.15, 0.2) is 11.7 Å². The van der Waals surface area contributed by atoms with Crippen molar-refractivity contribution in [1.82, 2.24) is 35.6 Å². The Balaban J connectivity index is 0.906. The van der Waals surface area contributed by atoms with Crippen LogP contribution in [0.25, 0.3) is 10.4 Å². The number of thiophene rings is 1. The van der Waals surface area contributed by atoms with Crippen LogP contribution in [0.2, 0.25) is 0 Å². The predicted octanol–water partition coefficient (Wildman–Crippen LogP) is 6.82. The van der Waals surface area contributed by atoms with Crippen molar-refractivity contribution >= 4 is 57.0 Å². The Kier molecular flexibility index (Phi) is 19.9. The number of aliphatic hydroxyl groups excluding tert-OH is 2. The highest BCUT2D eigenvalue weighted by Crippen LogP contribution is 2.46. The molecule has 3 amide bonds. The number of anilines is 1. The number of nitrogen functional groups attached to an aromatic ring is 1. The van der Waals surface area contributed by atoms with Crippen molar-refractivity contribution < 1.29 is 34.1 Å². The lowest BCUT2D eigenvalue weighted by molar-refractivity contribution is -0.146. The molecule has 0 spiro atoms. The molecule has 7 rings (SSSR count). The highest BCUT2D eigenvalue weighted by atomic mass is 32.1. The maximum Gasteiger partial charge on any atom is 0.243 e. The molecule has 5 atom stereocenters. The lowest BCUT2D eigenvalue weighted by Crippen LogP contribution is -2.49. The van der Waals surface area contributed by atoms with Crippen LogP contribution in [-0.2, 0) is 48.9 Å². The number of fused-ring (bicyclic) bond motifs is 1. The van der Waals surface area contributed by atoms with Crippen molar-refractivity contribution in [3.8, 4) is 16.5 Å². The molecule has 2 fully saturated rings. The minimum Gasteiger partial charge on any atom is -0.479 e. The average molecular weight is 1080 g/mol. The van der Waals surface area contributed by atoms with Crippen molar-refractivity contribution in [3.63, 3.8) is 0 Å². The smallest absolute Gasteiger partial charge is 0.243 e. The number of nitriles is 1. The number of hydrogen-bond acceptors (Lipinski definition) is 16. The Hall–Kier alpha value is -6.17. The zero-order valence-electron chi connectivity index (χ0n) is 44.9. The standard InChI is InChI=1S/C57H76N10O7S2/c1-7-40-41(52(59)64-56(73)57(5)22-13-17-47-50(57)42(29-58)53(60)76-47)15-9-8-10-16-44(40)66-25-14-24-65(31-36(66)4)23-11-12-26-74-48(61-6)28-46(70)49(35(2)3)55(72)67-32-39(69)27-45(67)54(71)62-30-37-18-20-38(21-19-37)51-43(33-68)63-34-75-51/h8-9,15,18-21,28,34-36,39,45,49,61,68-69H,7,10-14,16-17,22-27,30-33,60H2,1-6H3,(H,62,71)(H2,59,64,73)/b9-8-,41-15+,44-40?,48-28+/t36-,39+,45-,49?,57-/m0/s1. The van der Waals surface area contributed by atoms with Crippen LogP contribution in [0.5, 0.6) is 0 Å². The van der Waals surface area contributed by atoms with Gasteiger partial charge in [-0.05, 0) is 107 Å². The molecule has 0 saturated carbocycles. The molecule has 2 saturated heterocycles. The van der Waals surface area contributed by atoms with Gasteiger partial charge in [0.25, 0.3) is 0 Å². The summed E-state index contributed by atoms with van der Waals surface area (Å²) in [6.07, 6.45) is 13.6. The summed E-state index contributed by atoms with van der Waals surface area (Å²) in [4.78, 5) is 68.2. The second-order valence-electron chi connectivity index (χ2n) is 20.8. The van der Waals surface area contributed by atoms with E-state index in [4.69, 9.17) is 10.5 Å². The van der Waals surface area contributed by atoms with E-state index in [2.05, 4.69) is 56.7 Å². The fourth-order valence-corrected chi connectivity index (χ4v) is 13.3. The number of rotatable bonds is 20. The van der Waals surface area contributed by atoms with Crippen molar-refractivity contribution in [2.75, 3.05) is 52.1 Å². The predicted molar refractivity (Wildman–Crippen MR) is 298 cm³/mol. The highest BCUT2D eigenvalue weighted by Gasteiger charge is 2.45. The number of β-amino-alcohol motifs (C(OH)–C–C–N with tert-alkyl or cyclic N) is 1. The highest BCUT2D eigenvalue weighted by molar-refractivity contribution is 7.16. The number of hydrogen-bond donors (Lipinski definition) is 7. The number of aromatic nitrogens is 1. The van der Waals surface area contributed by atoms with Gasteiger partial charge in [0.1, 0.15) is 28.9 Å². The van der Waals surface area contributed by atoms with Crippen LogP contribution >= 0.6 is 22.7 Å². The van der Waals surface area contributed by atoms with Crippen LogP contribution in [0.1, 0.15) is 120 Å². The molecule has 76 heavy (non-hydrogen) atoms. The van der Waals surface area contributed by atoms with Gasteiger partial charge in [-0.25, -0.2) is 4.98 Å². The fourth-order valence-electron chi connectivity index (χ4n) is 11.3. The number of ketones is 1.